The number of amides is 1. The number of esters is 1. The lowest BCUT2D eigenvalue weighted by atomic mass is 9.89. The molecule has 1 unspecified atom stereocenters. The molecule has 0 bridgehead atoms. The fourth-order valence-corrected chi connectivity index (χ4v) is 8.10. The van der Waals surface area contributed by atoms with Gasteiger partial charge >= 0.3 is 12.1 Å². The molecule has 2 aromatic carbocycles. The fraction of sp³-hybridized carbons (Fsp3) is 0.476. The Balaban J connectivity index is 1.17. The van der Waals surface area contributed by atoms with Crippen LogP contribution in [0.1, 0.15) is 43.4 Å². The van der Waals surface area contributed by atoms with Gasteiger partial charge in [0, 0.05) is 81.6 Å². The molecular weight excluding hydrogens is 836 g/mol. The number of thioether (sulfide) groups is 1. The number of hydrogen-bond donors (Lipinski definition) is 2. The van der Waals surface area contributed by atoms with Crippen LogP contribution >= 0.6 is 11.8 Å². The predicted molar refractivity (Wildman–Crippen MR) is 219 cm³/mol. The van der Waals surface area contributed by atoms with E-state index in [1.165, 1.54) is 54.2 Å². The monoisotopic (exact) mass is 885 g/mol. The van der Waals surface area contributed by atoms with Gasteiger partial charge in [-0.05, 0) is 37.3 Å². The molecule has 20 heteroatoms. The van der Waals surface area contributed by atoms with Crippen LogP contribution in [-0.4, -0.2) is 136 Å². The van der Waals surface area contributed by atoms with E-state index < -0.39 is 53.0 Å². The van der Waals surface area contributed by atoms with Crippen LogP contribution in [0.15, 0.2) is 67.3 Å². The smallest absolute Gasteiger partial charge is 0.425 e. The highest BCUT2D eigenvalue weighted by atomic mass is 32.2. The van der Waals surface area contributed by atoms with Crippen LogP contribution in [-0.2, 0) is 45.4 Å². The van der Waals surface area contributed by atoms with E-state index in [0.717, 1.165) is 44.4 Å². The Hall–Kier alpha value is -5.30. The first-order valence-electron chi connectivity index (χ1n) is 20.0. The summed E-state index contributed by atoms with van der Waals surface area (Å²) in [6, 6.07) is 8.87. The zero-order chi connectivity index (χ0) is 44.5. The van der Waals surface area contributed by atoms with Crippen LogP contribution in [0.25, 0.3) is 6.08 Å². The number of rotatable bonds is 20. The molecule has 0 spiro atoms. The number of ether oxygens (including phenoxy) is 5. The van der Waals surface area contributed by atoms with Gasteiger partial charge in [-0.1, -0.05) is 24.3 Å². The van der Waals surface area contributed by atoms with Gasteiger partial charge in [0.1, 0.15) is 30.1 Å². The molecule has 334 valence electrons. The number of halogens is 3. The third-order valence-electron chi connectivity index (χ3n) is 9.99. The van der Waals surface area contributed by atoms with Crippen LogP contribution in [0, 0.1) is 28.8 Å². The average molecular weight is 886 g/mol. The van der Waals surface area contributed by atoms with E-state index in [1.54, 1.807) is 25.2 Å². The number of nitrogens with one attached hydrogen (secondary N) is 1. The minimum Gasteiger partial charge on any atom is -0.425 e. The second-order valence-corrected chi connectivity index (χ2v) is 16.1. The molecule has 62 heavy (non-hydrogen) atoms. The van der Waals surface area contributed by atoms with Gasteiger partial charge in [-0.15, -0.1) is 11.8 Å². The Labute approximate surface area is 361 Å². The SMILES string of the molecule is CC(OC(=O)CCC(=O)NCCN1CCN(CCO)CC1)OC(=O)O[C@@](Cn1cncn1)(c1ccc(F)cc1F)[C@@H](C)SC1COC(/C=C/C=C/c2ccc(C#N)cc2F)OC1. The minimum atomic E-state index is -1.93. The quantitative estimate of drug-likeness (QED) is 0.0935. The maximum Gasteiger partial charge on any atom is 0.512 e. The second kappa shape index (κ2) is 23.8. The van der Waals surface area contributed by atoms with Crippen molar-refractivity contribution in [2.24, 2.45) is 0 Å². The zero-order valence-corrected chi connectivity index (χ0v) is 35.2. The number of piperazine rings is 1. The molecule has 2 saturated heterocycles. The summed E-state index contributed by atoms with van der Waals surface area (Å²) in [5.74, 6) is -3.59. The van der Waals surface area contributed by atoms with E-state index in [4.69, 9.17) is 34.1 Å². The normalized spacial score (nSPS) is 19.4. The molecule has 1 amide bonds. The molecule has 0 radical (unpaired) electrons. The number of aliphatic hydroxyl groups is 1. The summed E-state index contributed by atoms with van der Waals surface area (Å²) >= 11 is 1.24. The molecule has 0 aliphatic carbocycles. The summed E-state index contributed by atoms with van der Waals surface area (Å²) in [4.78, 5) is 46.9. The summed E-state index contributed by atoms with van der Waals surface area (Å²) in [7, 11) is 0. The highest BCUT2D eigenvalue weighted by Gasteiger charge is 2.47. The molecule has 16 nitrogen and oxygen atoms in total. The van der Waals surface area contributed by atoms with Crippen molar-refractivity contribution in [3.05, 3.63) is 101 Å². The van der Waals surface area contributed by atoms with Gasteiger partial charge < -0.3 is 34.1 Å². The number of hydrogen-bond acceptors (Lipinski definition) is 15. The molecule has 3 heterocycles. The number of nitrogens with zero attached hydrogens (tertiary/aromatic N) is 6. The van der Waals surface area contributed by atoms with Gasteiger partial charge in [0.05, 0.1) is 49.7 Å². The van der Waals surface area contributed by atoms with Crippen LogP contribution in [0.5, 0.6) is 0 Å². The summed E-state index contributed by atoms with van der Waals surface area (Å²) in [5.41, 5.74) is -1.62. The Morgan fingerprint density at radius 3 is 2.42 bits per heavy atom. The van der Waals surface area contributed by atoms with Crippen molar-refractivity contribution in [1.29, 1.82) is 5.26 Å². The summed E-state index contributed by atoms with van der Waals surface area (Å²) in [6.07, 6.45) is 4.93. The van der Waals surface area contributed by atoms with Crippen molar-refractivity contribution in [2.75, 3.05) is 65.6 Å². The molecule has 0 saturated carbocycles. The van der Waals surface area contributed by atoms with E-state index in [2.05, 4.69) is 25.2 Å². The Morgan fingerprint density at radius 2 is 1.76 bits per heavy atom. The number of carbonyl (C=O) groups is 3. The molecule has 3 atom stereocenters. The summed E-state index contributed by atoms with van der Waals surface area (Å²) in [5, 5.41) is 23.8. The first kappa shape index (κ1) is 47.7. The van der Waals surface area contributed by atoms with E-state index in [-0.39, 0.29) is 61.5 Å². The largest absolute Gasteiger partial charge is 0.512 e. The number of aliphatic hydroxyl groups excluding tert-OH is 1. The minimum absolute atomic E-state index is 0.113. The van der Waals surface area contributed by atoms with Crippen molar-refractivity contribution >= 4 is 35.9 Å². The molecular formula is C42H50F3N7O9S. The van der Waals surface area contributed by atoms with Gasteiger partial charge in [0.15, 0.2) is 11.9 Å². The topological polar surface area (TPSA) is 191 Å². The first-order valence-corrected chi connectivity index (χ1v) is 20.9. The van der Waals surface area contributed by atoms with Gasteiger partial charge in [-0.3, -0.25) is 19.4 Å². The molecule has 2 aliphatic heterocycles. The van der Waals surface area contributed by atoms with Gasteiger partial charge in [0.25, 0.3) is 0 Å². The Kier molecular flexibility index (Phi) is 18.3. The number of nitriles is 1. The van der Waals surface area contributed by atoms with Crippen molar-refractivity contribution in [3.63, 3.8) is 0 Å². The lowest BCUT2D eigenvalue weighted by Crippen LogP contribution is -2.49. The standard InChI is InChI=1S/C42H50F3N7O9S/c1-29(62-34-24-57-40(58-25-34)6-4-3-5-32-8-7-31(23-46)21-36(32)44)42(26-52-28-47-27-49-52,35-10-9-33(43)22-37(35)45)61-41(56)60-30(2)59-39(55)12-11-38(54)48-13-14-50-15-17-51(18-16-50)19-20-53/h3-10,21-22,27-30,34,40,53H,11-20,24-26H2,1-2H3,(H,48,54)/b5-3+,6-4+/t29-,30?,34?,40?,42-/m1/s1. The molecule has 5 rings (SSSR count). The van der Waals surface area contributed by atoms with Crippen LogP contribution in [0.2, 0.25) is 0 Å². The van der Waals surface area contributed by atoms with Crippen LogP contribution in [0.4, 0.5) is 18.0 Å². The van der Waals surface area contributed by atoms with Crippen molar-refractivity contribution < 1.29 is 56.3 Å². The summed E-state index contributed by atoms with van der Waals surface area (Å²) < 4.78 is 73.9. The lowest BCUT2D eigenvalue weighted by molar-refractivity contribution is -0.172. The van der Waals surface area contributed by atoms with Gasteiger partial charge in [0.2, 0.25) is 12.2 Å². The number of β-amino-alcohol motifs (C(OH)–C–C–N with tert-alkyl or cyclic N) is 1. The Bertz CT molecular complexity index is 2040. The molecule has 1 aromatic heterocycles. The third kappa shape index (κ3) is 14.4. The van der Waals surface area contributed by atoms with E-state index in [9.17, 15) is 23.2 Å². The number of benzene rings is 2. The second-order valence-electron chi connectivity index (χ2n) is 14.4. The molecule has 3 aromatic rings. The van der Waals surface area contributed by atoms with E-state index >= 15 is 4.39 Å². The fourth-order valence-electron chi connectivity index (χ4n) is 6.74. The van der Waals surface area contributed by atoms with E-state index in [1.807, 2.05) is 6.07 Å². The maximum absolute atomic E-state index is 15.8. The maximum atomic E-state index is 15.8. The third-order valence-corrected chi connectivity index (χ3v) is 11.4. The average Bonchev–Trinajstić information content (AvgIpc) is 3.76. The van der Waals surface area contributed by atoms with Crippen molar-refractivity contribution in [1.82, 2.24) is 29.9 Å². The highest BCUT2D eigenvalue weighted by Crippen LogP contribution is 2.42. The zero-order valence-electron chi connectivity index (χ0n) is 34.4. The molecule has 2 fully saturated rings. The van der Waals surface area contributed by atoms with Crippen LogP contribution < -0.4 is 5.32 Å². The number of allylic oxidation sites excluding steroid dienone is 2. The molecule has 2 N–H and O–H groups in total. The van der Waals surface area contributed by atoms with E-state index in [0.29, 0.717) is 31.3 Å². The van der Waals surface area contributed by atoms with Gasteiger partial charge in [-0.25, -0.2) is 27.6 Å². The summed E-state index contributed by atoms with van der Waals surface area (Å²) in [6.45, 7) is 8.04. The predicted octanol–water partition coefficient (Wildman–Crippen LogP) is 4.14. The lowest BCUT2D eigenvalue weighted by Gasteiger charge is -2.40. The number of carbonyl (C=O) groups excluding carboxylic acids is 3. The molecule has 2 aliphatic rings. The Morgan fingerprint density at radius 1 is 1.02 bits per heavy atom. The first-order chi connectivity index (χ1) is 29.9. The van der Waals surface area contributed by atoms with Crippen molar-refractivity contribution in [3.8, 4) is 6.07 Å². The highest BCUT2D eigenvalue weighted by molar-refractivity contribution is 8.00. The number of aromatic nitrogens is 3. The van der Waals surface area contributed by atoms with Crippen molar-refractivity contribution in [2.45, 2.75) is 61.9 Å². The van der Waals surface area contributed by atoms with Crippen LogP contribution in [0.3, 0.4) is 0 Å². The van der Waals surface area contributed by atoms with Gasteiger partial charge in [-0.2, -0.15) is 10.4 Å².